The molecule has 0 amide bonds. The Kier molecular flexibility index (Phi) is 5.09. The lowest BCUT2D eigenvalue weighted by molar-refractivity contribution is -0.141. The van der Waals surface area contributed by atoms with Gasteiger partial charge in [-0.05, 0) is 6.92 Å². The maximum absolute atomic E-state index is 10.4. The first-order chi connectivity index (χ1) is 5.91. The second kappa shape index (κ2) is 5.55. The van der Waals surface area contributed by atoms with E-state index >= 15 is 0 Å². The molecule has 0 aromatic carbocycles. The molecule has 7 heteroatoms. The van der Waals surface area contributed by atoms with Crippen molar-refractivity contribution in [1.82, 2.24) is 0 Å². The minimum absolute atomic E-state index is 0.465. The molecule has 0 aliphatic rings. The third-order valence-electron chi connectivity index (χ3n) is 0.791. The third-order valence-corrected chi connectivity index (χ3v) is 0.791. The van der Waals surface area contributed by atoms with Crippen molar-refractivity contribution in [2.24, 2.45) is 0 Å². The third kappa shape index (κ3) is 7.29. The standard InChI is InChI=1S/C6H10BO6/c1-4(8)11-7(12-5(2)9)13-6(3)10/h8H,1-3H3. The van der Waals surface area contributed by atoms with E-state index in [-0.39, 0.29) is 0 Å². The minimum Gasteiger partial charge on any atom is -0.474 e. The van der Waals surface area contributed by atoms with Gasteiger partial charge in [-0.3, -0.25) is 9.59 Å². The van der Waals surface area contributed by atoms with Crippen LogP contribution in [0, 0.1) is 6.29 Å². The van der Waals surface area contributed by atoms with Crippen molar-refractivity contribution >= 4 is 19.3 Å². The second-order valence-corrected chi connectivity index (χ2v) is 2.14. The SMILES string of the molecule is C[C](O)OB(OC(C)=O)OC(C)=O. The van der Waals surface area contributed by atoms with Gasteiger partial charge in [0, 0.05) is 13.8 Å². The van der Waals surface area contributed by atoms with Crippen LogP contribution in [0.1, 0.15) is 20.8 Å². The molecule has 13 heavy (non-hydrogen) atoms. The quantitative estimate of drug-likeness (QED) is 0.626. The van der Waals surface area contributed by atoms with E-state index in [0.29, 0.717) is 0 Å². The largest absolute Gasteiger partial charge is 0.794 e. The van der Waals surface area contributed by atoms with Gasteiger partial charge in [0.15, 0.2) is 0 Å². The molecule has 0 rings (SSSR count). The summed E-state index contributed by atoms with van der Waals surface area (Å²) in [5.41, 5.74) is 0. The second-order valence-electron chi connectivity index (χ2n) is 2.14. The highest BCUT2D eigenvalue weighted by atomic mass is 16.8. The van der Waals surface area contributed by atoms with Gasteiger partial charge in [-0.15, -0.1) is 0 Å². The lowest BCUT2D eigenvalue weighted by Gasteiger charge is -2.11. The molecule has 0 saturated heterocycles. The summed E-state index contributed by atoms with van der Waals surface area (Å²) in [6.45, 7) is 3.44. The molecule has 0 aliphatic heterocycles. The van der Waals surface area contributed by atoms with Gasteiger partial charge in [0.1, 0.15) is 0 Å². The molecule has 0 spiro atoms. The Morgan fingerprint density at radius 2 is 1.38 bits per heavy atom. The molecular weight excluding hydrogens is 179 g/mol. The number of rotatable bonds is 4. The summed E-state index contributed by atoms with van der Waals surface area (Å²) in [4.78, 5) is 20.9. The molecule has 1 radical (unpaired) electrons. The summed E-state index contributed by atoms with van der Waals surface area (Å²) in [5.74, 6) is -1.37. The van der Waals surface area contributed by atoms with Crippen LogP contribution in [0.2, 0.25) is 0 Å². The molecule has 1 N–H and O–H groups in total. The number of aliphatic hydroxyl groups is 1. The van der Waals surface area contributed by atoms with Gasteiger partial charge in [0.25, 0.3) is 11.9 Å². The van der Waals surface area contributed by atoms with Crippen LogP contribution in [0.3, 0.4) is 0 Å². The number of hydrogen-bond acceptors (Lipinski definition) is 6. The van der Waals surface area contributed by atoms with Gasteiger partial charge in [0.05, 0.1) is 0 Å². The molecule has 0 aromatic heterocycles. The van der Waals surface area contributed by atoms with Crippen LogP contribution in [0.4, 0.5) is 0 Å². The van der Waals surface area contributed by atoms with Crippen LogP contribution in [0.15, 0.2) is 0 Å². The summed E-state index contributed by atoms with van der Waals surface area (Å²) >= 11 is 0. The van der Waals surface area contributed by atoms with Crippen LogP contribution in [0.25, 0.3) is 0 Å². The zero-order chi connectivity index (χ0) is 10.4. The zero-order valence-electron chi connectivity index (χ0n) is 7.57. The van der Waals surface area contributed by atoms with Crippen molar-refractivity contribution in [3.05, 3.63) is 6.29 Å². The Hall–Kier alpha value is -1.08. The normalized spacial score (nSPS) is 9.62. The summed E-state index contributed by atoms with van der Waals surface area (Å²) in [5, 5.41) is 8.66. The molecule has 0 unspecified atom stereocenters. The minimum atomic E-state index is -1.53. The van der Waals surface area contributed by atoms with Crippen molar-refractivity contribution in [1.29, 1.82) is 0 Å². The van der Waals surface area contributed by atoms with Crippen molar-refractivity contribution in [3.8, 4) is 0 Å². The molecule has 0 aromatic rings. The highest BCUT2D eigenvalue weighted by molar-refractivity contribution is 6.41. The van der Waals surface area contributed by atoms with Crippen LogP contribution in [0.5, 0.6) is 0 Å². The van der Waals surface area contributed by atoms with Crippen molar-refractivity contribution in [2.75, 3.05) is 0 Å². The number of aliphatic hydroxyl groups excluding tert-OH is 1. The van der Waals surface area contributed by atoms with E-state index in [1.54, 1.807) is 0 Å². The van der Waals surface area contributed by atoms with Gasteiger partial charge in [-0.25, -0.2) is 0 Å². The van der Waals surface area contributed by atoms with Gasteiger partial charge < -0.3 is 19.1 Å². The first-order valence-corrected chi connectivity index (χ1v) is 3.45. The zero-order valence-corrected chi connectivity index (χ0v) is 7.57. The Balaban J connectivity index is 4.02. The topological polar surface area (TPSA) is 82.1 Å². The van der Waals surface area contributed by atoms with Crippen LogP contribution >= 0.6 is 0 Å². The molecule has 73 valence electrons. The average molecular weight is 189 g/mol. The first-order valence-electron chi connectivity index (χ1n) is 3.45. The highest BCUT2D eigenvalue weighted by Gasteiger charge is 2.31. The van der Waals surface area contributed by atoms with E-state index in [1.807, 2.05) is 0 Å². The van der Waals surface area contributed by atoms with Gasteiger partial charge >= 0.3 is 7.32 Å². The number of carbonyl (C=O) groups excluding carboxylic acids is 2. The van der Waals surface area contributed by atoms with Crippen molar-refractivity contribution in [2.45, 2.75) is 20.8 Å². The lowest BCUT2D eigenvalue weighted by Crippen LogP contribution is -2.32. The molecule has 0 fully saturated rings. The smallest absolute Gasteiger partial charge is 0.474 e. The Morgan fingerprint density at radius 3 is 1.62 bits per heavy atom. The lowest BCUT2D eigenvalue weighted by atomic mass is 10.2. The first kappa shape index (κ1) is 11.9. The fourth-order valence-corrected chi connectivity index (χ4v) is 0.482. The predicted octanol–water partition coefficient (Wildman–Crippen LogP) is -0.00401. The van der Waals surface area contributed by atoms with E-state index in [0.717, 1.165) is 13.8 Å². The van der Waals surface area contributed by atoms with Crippen LogP contribution in [-0.4, -0.2) is 24.4 Å². The highest BCUT2D eigenvalue weighted by Crippen LogP contribution is 2.01. The van der Waals surface area contributed by atoms with Gasteiger partial charge in [-0.1, -0.05) is 0 Å². The summed E-state index contributed by atoms with van der Waals surface area (Å²) < 4.78 is 13.2. The molecule has 6 nitrogen and oxygen atoms in total. The van der Waals surface area contributed by atoms with Crippen LogP contribution < -0.4 is 0 Å². The van der Waals surface area contributed by atoms with Crippen molar-refractivity contribution < 1.29 is 28.7 Å². The van der Waals surface area contributed by atoms with Gasteiger partial charge in [0.2, 0.25) is 6.29 Å². The monoisotopic (exact) mass is 189 g/mol. The summed E-state index contributed by atoms with van der Waals surface area (Å²) in [6.07, 6.45) is -0.465. The maximum Gasteiger partial charge on any atom is 0.794 e. The van der Waals surface area contributed by atoms with Gasteiger partial charge in [-0.2, -0.15) is 0 Å². The Bertz CT molecular complexity index is 176. The molecule has 0 aliphatic carbocycles. The van der Waals surface area contributed by atoms with E-state index in [9.17, 15) is 9.59 Å². The summed E-state index contributed by atoms with van der Waals surface area (Å²) in [7, 11) is -1.53. The fraction of sp³-hybridized carbons (Fsp3) is 0.500. The van der Waals surface area contributed by atoms with E-state index < -0.39 is 25.5 Å². The fourth-order valence-electron chi connectivity index (χ4n) is 0.482. The van der Waals surface area contributed by atoms with Crippen molar-refractivity contribution in [3.63, 3.8) is 0 Å². The number of carbonyl (C=O) groups is 2. The van der Waals surface area contributed by atoms with Crippen LogP contribution in [-0.2, 0) is 23.6 Å². The average Bonchev–Trinajstić information content (AvgIpc) is 1.80. The van der Waals surface area contributed by atoms with E-state index in [4.69, 9.17) is 5.11 Å². The van der Waals surface area contributed by atoms with E-state index in [2.05, 4.69) is 14.0 Å². The predicted molar refractivity (Wildman–Crippen MR) is 41.2 cm³/mol. The van der Waals surface area contributed by atoms with E-state index in [1.165, 1.54) is 6.92 Å². The maximum atomic E-state index is 10.4. The molecule has 0 saturated carbocycles. The molecule has 0 bridgehead atoms. The summed E-state index contributed by atoms with van der Waals surface area (Å²) in [6, 6.07) is 0. The molecule has 0 atom stereocenters. The Morgan fingerprint density at radius 1 is 1.00 bits per heavy atom. The molecular formula is C6H10BO6. The Labute approximate surface area is 75.9 Å². The number of hydrogen-bond donors (Lipinski definition) is 1. The molecule has 0 heterocycles.